The van der Waals surface area contributed by atoms with Gasteiger partial charge in [0.25, 0.3) is 5.69 Å². The minimum Gasteiger partial charge on any atom is -0.450 e. The molecule has 33 heavy (non-hydrogen) atoms. The van der Waals surface area contributed by atoms with E-state index in [2.05, 4.69) is 10.1 Å². The zero-order chi connectivity index (χ0) is 23.5. The van der Waals surface area contributed by atoms with Crippen molar-refractivity contribution >= 4 is 23.2 Å². The molecule has 0 aliphatic carbocycles. The van der Waals surface area contributed by atoms with Gasteiger partial charge >= 0.3 is 5.69 Å². The standard InChI is InChI=1S/C21H15N5O7/c1-13(27)24-21(33-20(23-24)14-8-10-22-11-9-14)15-2-5-17(6-3-15)32-19-7-4-16(25(28)29)12-18(19)26(30)31/h2-12,21H,1H3/t21-/m1/s1. The van der Waals surface area contributed by atoms with E-state index in [1.165, 1.54) is 24.1 Å². The second kappa shape index (κ2) is 8.70. The zero-order valence-corrected chi connectivity index (χ0v) is 17.0. The van der Waals surface area contributed by atoms with E-state index in [-0.39, 0.29) is 23.3 Å². The normalized spacial score (nSPS) is 14.9. The maximum atomic E-state index is 12.1. The summed E-state index contributed by atoms with van der Waals surface area (Å²) in [6.45, 7) is 1.36. The van der Waals surface area contributed by atoms with Crippen molar-refractivity contribution in [3.05, 3.63) is 98.3 Å². The molecule has 4 rings (SSSR count). The number of carbonyl (C=O) groups is 1. The molecule has 12 nitrogen and oxygen atoms in total. The topological polar surface area (TPSA) is 150 Å². The van der Waals surface area contributed by atoms with Gasteiger partial charge in [-0.25, -0.2) is 0 Å². The van der Waals surface area contributed by atoms with E-state index in [1.54, 1.807) is 36.7 Å². The number of hydrogen-bond donors (Lipinski definition) is 0. The van der Waals surface area contributed by atoms with Crippen LogP contribution < -0.4 is 4.74 Å². The summed E-state index contributed by atoms with van der Waals surface area (Å²) in [5.41, 5.74) is 0.287. The van der Waals surface area contributed by atoms with Gasteiger partial charge in [0, 0.05) is 36.5 Å². The Hall–Kier alpha value is -4.87. The molecule has 2 heterocycles. The van der Waals surface area contributed by atoms with Crippen molar-refractivity contribution in [3.63, 3.8) is 0 Å². The molecule has 0 saturated heterocycles. The Kier molecular flexibility index (Phi) is 5.64. The molecule has 0 unspecified atom stereocenters. The fourth-order valence-corrected chi connectivity index (χ4v) is 3.07. The minimum absolute atomic E-state index is 0.149. The number of hydrogen-bond acceptors (Lipinski definition) is 9. The highest BCUT2D eigenvalue weighted by Crippen LogP contribution is 2.36. The Morgan fingerprint density at radius 2 is 1.73 bits per heavy atom. The van der Waals surface area contributed by atoms with Crippen LogP contribution in [0.3, 0.4) is 0 Å². The van der Waals surface area contributed by atoms with Crippen LogP contribution in [-0.2, 0) is 9.53 Å². The lowest BCUT2D eigenvalue weighted by Crippen LogP contribution is -2.25. The van der Waals surface area contributed by atoms with E-state index in [4.69, 9.17) is 9.47 Å². The number of carbonyl (C=O) groups excluding carboxylic acids is 1. The number of aromatic nitrogens is 1. The molecule has 0 N–H and O–H groups in total. The van der Waals surface area contributed by atoms with Crippen LogP contribution in [0.15, 0.2) is 72.1 Å². The third-order valence-corrected chi connectivity index (χ3v) is 4.64. The number of nitro groups is 2. The predicted octanol–water partition coefficient (Wildman–Crippen LogP) is 3.93. The summed E-state index contributed by atoms with van der Waals surface area (Å²) in [5, 5.41) is 27.6. The fourth-order valence-electron chi connectivity index (χ4n) is 3.07. The first kappa shape index (κ1) is 21.4. The Balaban J connectivity index is 1.56. The smallest absolute Gasteiger partial charge is 0.318 e. The summed E-state index contributed by atoms with van der Waals surface area (Å²) in [6, 6.07) is 12.8. The van der Waals surface area contributed by atoms with Crippen LogP contribution in [0.1, 0.15) is 24.3 Å². The van der Waals surface area contributed by atoms with E-state index in [0.717, 1.165) is 18.2 Å². The van der Waals surface area contributed by atoms with Crippen molar-refractivity contribution in [1.29, 1.82) is 0 Å². The molecule has 0 radical (unpaired) electrons. The molecule has 1 aromatic heterocycles. The summed E-state index contributed by atoms with van der Waals surface area (Å²) >= 11 is 0. The van der Waals surface area contributed by atoms with E-state index < -0.39 is 27.4 Å². The quantitative estimate of drug-likeness (QED) is 0.406. The van der Waals surface area contributed by atoms with Gasteiger partial charge in [0.05, 0.1) is 15.9 Å². The molecular weight excluding hydrogens is 434 g/mol. The van der Waals surface area contributed by atoms with Gasteiger partial charge in [-0.2, -0.15) is 5.01 Å². The highest BCUT2D eigenvalue weighted by molar-refractivity contribution is 5.96. The molecule has 166 valence electrons. The monoisotopic (exact) mass is 449 g/mol. The highest BCUT2D eigenvalue weighted by atomic mass is 16.6. The molecule has 1 aliphatic rings. The van der Waals surface area contributed by atoms with Gasteiger partial charge in [-0.1, -0.05) is 0 Å². The highest BCUT2D eigenvalue weighted by Gasteiger charge is 2.33. The first-order chi connectivity index (χ1) is 15.8. The lowest BCUT2D eigenvalue weighted by Gasteiger charge is -2.19. The number of non-ortho nitro benzene ring substituents is 1. The third kappa shape index (κ3) is 4.44. The average molecular weight is 449 g/mol. The molecule has 3 aromatic rings. The van der Waals surface area contributed by atoms with Crippen LogP contribution in [0.4, 0.5) is 11.4 Å². The van der Waals surface area contributed by atoms with Crippen molar-refractivity contribution in [2.75, 3.05) is 0 Å². The Bertz CT molecular complexity index is 1260. The third-order valence-electron chi connectivity index (χ3n) is 4.64. The van der Waals surface area contributed by atoms with Gasteiger partial charge in [-0.3, -0.25) is 30.0 Å². The van der Waals surface area contributed by atoms with Crippen LogP contribution in [0, 0.1) is 20.2 Å². The number of amides is 1. The molecule has 0 spiro atoms. The van der Waals surface area contributed by atoms with Crippen LogP contribution >= 0.6 is 0 Å². The van der Waals surface area contributed by atoms with Gasteiger partial charge in [0.15, 0.2) is 0 Å². The zero-order valence-electron chi connectivity index (χ0n) is 17.0. The van der Waals surface area contributed by atoms with Crippen LogP contribution in [0.5, 0.6) is 11.5 Å². The lowest BCUT2D eigenvalue weighted by atomic mass is 10.2. The number of nitro benzene ring substituents is 2. The average Bonchev–Trinajstić information content (AvgIpc) is 3.26. The van der Waals surface area contributed by atoms with Crippen molar-refractivity contribution in [3.8, 4) is 11.5 Å². The second-order valence-corrected chi connectivity index (χ2v) is 6.81. The van der Waals surface area contributed by atoms with Crippen molar-refractivity contribution in [2.45, 2.75) is 13.2 Å². The number of hydrazone groups is 1. The summed E-state index contributed by atoms with van der Waals surface area (Å²) in [4.78, 5) is 36.7. The molecule has 1 atom stereocenters. The van der Waals surface area contributed by atoms with Gasteiger partial charge in [0.1, 0.15) is 5.75 Å². The van der Waals surface area contributed by atoms with Crippen LogP contribution in [0.2, 0.25) is 0 Å². The Morgan fingerprint density at radius 1 is 1.03 bits per heavy atom. The maximum Gasteiger partial charge on any atom is 0.318 e. The Morgan fingerprint density at radius 3 is 2.33 bits per heavy atom. The van der Waals surface area contributed by atoms with E-state index >= 15 is 0 Å². The number of nitrogens with zero attached hydrogens (tertiary/aromatic N) is 5. The number of ether oxygens (including phenoxy) is 2. The number of rotatable bonds is 6. The minimum atomic E-state index is -0.812. The molecule has 0 bridgehead atoms. The van der Waals surface area contributed by atoms with E-state index in [9.17, 15) is 25.0 Å². The van der Waals surface area contributed by atoms with Crippen LogP contribution in [0.25, 0.3) is 0 Å². The lowest BCUT2D eigenvalue weighted by molar-refractivity contribution is -0.394. The summed E-state index contributed by atoms with van der Waals surface area (Å²) in [5.74, 6) is 0.0350. The number of benzene rings is 2. The number of pyridine rings is 1. The molecular formula is C21H15N5O7. The molecule has 1 amide bonds. The summed E-state index contributed by atoms with van der Waals surface area (Å²) in [7, 11) is 0. The molecule has 2 aromatic carbocycles. The van der Waals surface area contributed by atoms with Gasteiger partial charge in [0.2, 0.25) is 23.8 Å². The maximum absolute atomic E-state index is 12.1. The molecule has 0 saturated carbocycles. The van der Waals surface area contributed by atoms with Gasteiger partial charge in [-0.15, -0.1) is 5.10 Å². The fraction of sp³-hybridized carbons (Fsp3) is 0.0952. The van der Waals surface area contributed by atoms with Crippen molar-refractivity contribution in [1.82, 2.24) is 9.99 Å². The summed E-state index contributed by atoms with van der Waals surface area (Å²) < 4.78 is 11.5. The van der Waals surface area contributed by atoms with Gasteiger partial charge in [-0.05, 0) is 42.5 Å². The van der Waals surface area contributed by atoms with Crippen molar-refractivity contribution < 1.29 is 24.1 Å². The molecule has 12 heteroatoms. The molecule has 0 fully saturated rings. The largest absolute Gasteiger partial charge is 0.450 e. The SMILES string of the molecule is CC(=O)N1N=C(c2ccncc2)O[C@@H]1c1ccc(Oc2ccc([N+](=O)[O-])cc2[N+](=O)[O-])cc1. The summed E-state index contributed by atoms with van der Waals surface area (Å²) in [6.07, 6.45) is 2.35. The van der Waals surface area contributed by atoms with Crippen LogP contribution in [-0.4, -0.2) is 31.6 Å². The first-order valence-corrected chi connectivity index (χ1v) is 9.49. The van der Waals surface area contributed by atoms with Crippen molar-refractivity contribution in [2.24, 2.45) is 5.10 Å². The van der Waals surface area contributed by atoms with E-state index in [0.29, 0.717) is 11.1 Å². The Labute approximate surface area is 186 Å². The first-order valence-electron chi connectivity index (χ1n) is 9.49. The predicted molar refractivity (Wildman–Crippen MR) is 113 cm³/mol. The molecule has 1 aliphatic heterocycles. The van der Waals surface area contributed by atoms with Gasteiger partial charge < -0.3 is 9.47 Å². The second-order valence-electron chi connectivity index (χ2n) is 6.81. The van der Waals surface area contributed by atoms with E-state index in [1.807, 2.05) is 0 Å².